The smallest absolute Gasteiger partial charge is 0.0917 e. The summed E-state index contributed by atoms with van der Waals surface area (Å²) in [6.07, 6.45) is -0.425. The van der Waals surface area contributed by atoms with Crippen molar-refractivity contribution in [2.24, 2.45) is 5.92 Å². The molecule has 0 amide bonds. The van der Waals surface area contributed by atoms with E-state index in [1.54, 1.807) is 0 Å². The number of aliphatic hydroxyl groups excluding tert-OH is 1. The first-order valence-electron chi connectivity index (χ1n) is 7.55. The number of rotatable bonds is 7. The van der Waals surface area contributed by atoms with Gasteiger partial charge in [-0.15, -0.1) is 11.3 Å². The Hall–Kier alpha value is -1.16. The van der Waals surface area contributed by atoms with Gasteiger partial charge in [0, 0.05) is 29.4 Å². The highest BCUT2D eigenvalue weighted by Gasteiger charge is 2.15. The van der Waals surface area contributed by atoms with Crippen LogP contribution in [-0.4, -0.2) is 23.1 Å². The molecule has 1 aromatic carbocycles. The second-order valence-electron chi connectivity index (χ2n) is 6.03. The van der Waals surface area contributed by atoms with Crippen LogP contribution in [-0.2, 0) is 6.54 Å². The Kier molecular flexibility index (Phi) is 5.97. The number of benzene rings is 1. The van der Waals surface area contributed by atoms with E-state index in [1.807, 2.05) is 41.7 Å². The van der Waals surface area contributed by atoms with Gasteiger partial charge in [-0.2, -0.15) is 0 Å². The molecule has 0 bridgehead atoms. The maximum atomic E-state index is 10.4. The highest BCUT2D eigenvalue weighted by molar-refractivity contribution is 7.11. The predicted molar refractivity (Wildman–Crippen MR) is 90.6 cm³/mol. The largest absolute Gasteiger partial charge is 0.387 e. The van der Waals surface area contributed by atoms with Crippen LogP contribution in [0.2, 0.25) is 0 Å². The SMILES string of the molecule is Cc1ccc(CN(CC(C)C)C[C@@H](O)c2ccccc2)s1. The van der Waals surface area contributed by atoms with E-state index >= 15 is 0 Å². The van der Waals surface area contributed by atoms with Crippen molar-refractivity contribution in [3.8, 4) is 0 Å². The highest BCUT2D eigenvalue weighted by Crippen LogP contribution is 2.20. The van der Waals surface area contributed by atoms with Crippen molar-refractivity contribution in [2.45, 2.75) is 33.4 Å². The summed E-state index contributed by atoms with van der Waals surface area (Å²) in [4.78, 5) is 5.07. The van der Waals surface area contributed by atoms with Gasteiger partial charge in [0.15, 0.2) is 0 Å². The fraction of sp³-hybridized carbons (Fsp3) is 0.444. The maximum Gasteiger partial charge on any atom is 0.0917 e. The van der Waals surface area contributed by atoms with Crippen LogP contribution in [0.1, 0.15) is 35.3 Å². The monoisotopic (exact) mass is 303 g/mol. The molecule has 0 unspecified atom stereocenters. The number of aliphatic hydroxyl groups is 1. The Balaban J connectivity index is 2.02. The van der Waals surface area contributed by atoms with Crippen LogP contribution in [0.4, 0.5) is 0 Å². The second kappa shape index (κ2) is 7.74. The van der Waals surface area contributed by atoms with Gasteiger partial charge in [0.1, 0.15) is 0 Å². The van der Waals surface area contributed by atoms with Crippen LogP contribution in [0.15, 0.2) is 42.5 Å². The maximum absolute atomic E-state index is 10.4. The van der Waals surface area contributed by atoms with E-state index < -0.39 is 6.10 Å². The number of aryl methyl sites for hydroxylation is 1. The zero-order chi connectivity index (χ0) is 15.2. The molecule has 0 saturated heterocycles. The third-order valence-corrected chi connectivity index (χ3v) is 4.40. The molecule has 1 atom stereocenters. The van der Waals surface area contributed by atoms with Crippen molar-refractivity contribution in [3.05, 3.63) is 57.8 Å². The van der Waals surface area contributed by atoms with Gasteiger partial charge in [0.25, 0.3) is 0 Å². The molecule has 1 N–H and O–H groups in total. The number of hydrogen-bond acceptors (Lipinski definition) is 3. The molecule has 1 aromatic heterocycles. The molecule has 2 rings (SSSR count). The second-order valence-corrected chi connectivity index (χ2v) is 7.40. The average molecular weight is 303 g/mol. The lowest BCUT2D eigenvalue weighted by Crippen LogP contribution is -2.31. The molecule has 3 heteroatoms. The van der Waals surface area contributed by atoms with Crippen LogP contribution in [0.25, 0.3) is 0 Å². The Labute approximate surface area is 132 Å². The van der Waals surface area contributed by atoms with Crippen molar-refractivity contribution in [2.75, 3.05) is 13.1 Å². The van der Waals surface area contributed by atoms with E-state index in [-0.39, 0.29) is 0 Å². The van der Waals surface area contributed by atoms with Crippen LogP contribution in [0.3, 0.4) is 0 Å². The quantitative estimate of drug-likeness (QED) is 0.826. The minimum absolute atomic E-state index is 0.425. The van der Waals surface area contributed by atoms with Gasteiger partial charge in [0.2, 0.25) is 0 Å². The van der Waals surface area contributed by atoms with Gasteiger partial charge in [-0.05, 0) is 30.5 Å². The fourth-order valence-electron chi connectivity index (χ4n) is 2.54. The van der Waals surface area contributed by atoms with Crippen molar-refractivity contribution in [3.63, 3.8) is 0 Å². The van der Waals surface area contributed by atoms with Crippen molar-refractivity contribution in [1.29, 1.82) is 0 Å². The van der Waals surface area contributed by atoms with Gasteiger partial charge >= 0.3 is 0 Å². The summed E-state index contributed by atoms with van der Waals surface area (Å²) in [6, 6.07) is 14.3. The molecule has 0 saturated carbocycles. The molecule has 0 aliphatic rings. The van der Waals surface area contributed by atoms with Crippen LogP contribution < -0.4 is 0 Å². The zero-order valence-corrected chi connectivity index (χ0v) is 13.9. The molecule has 2 nitrogen and oxygen atoms in total. The molecule has 0 aliphatic carbocycles. The van der Waals surface area contributed by atoms with Gasteiger partial charge in [0.05, 0.1) is 6.10 Å². The molecular formula is C18H25NOS. The van der Waals surface area contributed by atoms with Gasteiger partial charge < -0.3 is 5.11 Å². The Bertz CT molecular complexity index is 535. The topological polar surface area (TPSA) is 23.5 Å². The van der Waals surface area contributed by atoms with Crippen LogP contribution >= 0.6 is 11.3 Å². The first-order chi connectivity index (χ1) is 10.0. The van der Waals surface area contributed by atoms with E-state index in [0.29, 0.717) is 12.5 Å². The molecule has 1 heterocycles. The third kappa shape index (κ3) is 5.27. The van der Waals surface area contributed by atoms with E-state index in [2.05, 4.69) is 37.8 Å². The summed E-state index contributed by atoms with van der Waals surface area (Å²) in [5.41, 5.74) is 0.994. The normalized spacial score (nSPS) is 13.0. The van der Waals surface area contributed by atoms with Crippen LogP contribution in [0, 0.1) is 12.8 Å². The number of hydrogen-bond donors (Lipinski definition) is 1. The molecule has 114 valence electrons. The fourth-order valence-corrected chi connectivity index (χ4v) is 3.47. The molecule has 0 spiro atoms. The first-order valence-corrected chi connectivity index (χ1v) is 8.37. The summed E-state index contributed by atoms with van der Waals surface area (Å²) in [6.45, 7) is 9.18. The lowest BCUT2D eigenvalue weighted by Gasteiger charge is -2.26. The zero-order valence-electron chi connectivity index (χ0n) is 13.1. The minimum atomic E-state index is -0.425. The van der Waals surface area contributed by atoms with Crippen molar-refractivity contribution in [1.82, 2.24) is 4.90 Å². The van der Waals surface area contributed by atoms with E-state index in [1.165, 1.54) is 9.75 Å². The summed E-state index contributed by atoms with van der Waals surface area (Å²) < 4.78 is 0. The van der Waals surface area contributed by atoms with Gasteiger partial charge in [-0.3, -0.25) is 4.90 Å². The Morgan fingerprint density at radius 1 is 1.05 bits per heavy atom. The first kappa shape index (κ1) is 16.2. The molecule has 0 radical (unpaired) electrons. The number of nitrogens with zero attached hydrogens (tertiary/aromatic N) is 1. The van der Waals surface area contributed by atoms with Gasteiger partial charge in [-0.25, -0.2) is 0 Å². The standard InChI is InChI=1S/C18H25NOS/c1-14(2)11-19(12-17-10-9-15(3)21-17)13-18(20)16-7-5-4-6-8-16/h4-10,14,18,20H,11-13H2,1-3H3/t18-/m1/s1. The predicted octanol–water partition coefficient (Wildman–Crippen LogP) is 4.25. The molecular weight excluding hydrogens is 278 g/mol. The minimum Gasteiger partial charge on any atom is -0.387 e. The Morgan fingerprint density at radius 3 is 2.33 bits per heavy atom. The lowest BCUT2D eigenvalue weighted by molar-refractivity contribution is 0.102. The number of thiophene rings is 1. The third-order valence-electron chi connectivity index (χ3n) is 3.41. The molecule has 0 fully saturated rings. The van der Waals surface area contributed by atoms with Gasteiger partial charge in [-0.1, -0.05) is 44.2 Å². The summed E-state index contributed by atoms with van der Waals surface area (Å²) >= 11 is 1.84. The van der Waals surface area contributed by atoms with E-state index in [0.717, 1.165) is 18.7 Å². The highest BCUT2D eigenvalue weighted by atomic mass is 32.1. The molecule has 0 aliphatic heterocycles. The summed E-state index contributed by atoms with van der Waals surface area (Å²) in [7, 11) is 0. The van der Waals surface area contributed by atoms with Crippen LogP contribution in [0.5, 0.6) is 0 Å². The molecule has 2 aromatic rings. The summed E-state index contributed by atoms with van der Waals surface area (Å²) in [5.74, 6) is 0.592. The van der Waals surface area contributed by atoms with Crippen molar-refractivity contribution < 1.29 is 5.11 Å². The molecule has 21 heavy (non-hydrogen) atoms. The van der Waals surface area contributed by atoms with Crippen molar-refractivity contribution >= 4 is 11.3 Å². The average Bonchev–Trinajstić information content (AvgIpc) is 2.84. The van der Waals surface area contributed by atoms with E-state index in [4.69, 9.17) is 0 Å². The Morgan fingerprint density at radius 2 is 1.76 bits per heavy atom. The van der Waals surface area contributed by atoms with E-state index in [9.17, 15) is 5.11 Å². The lowest BCUT2D eigenvalue weighted by atomic mass is 10.1. The summed E-state index contributed by atoms with van der Waals surface area (Å²) in [5, 5.41) is 10.4.